The monoisotopic (exact) mass is 209 g/mol. The van der Waals surface area contributed by atoms with E-state index in [0.29, 0.717) is 6.54 Å². The molecule has 3 heteroatoms. The summed E-state index contributed by atoms with van der Waals surface area (Å²) in [6.07, 6.45) is -0.515. The summed E-state index contributed by atoms with van der Waals surface area (Å²) >= 11 is 0. The normalized spacial score (nSPS) is 14.9. The van der Waals surface area contributed by atoms with Crippen molar-refractivity contribution in [2.24, 2.45) is 0 Å². The molecule has 0 radical (unpaired) electrons. The Hall–Kier alpha value is -0.900. The van der Waals surface area contributed by atoms with E-state index in [4.69, 9.17) is 5.11 Å². The first-order valence-electron chi connectivity index (χ1n) is 5.22. The molecule has 0 amide bonds. The maximum Gasteiger partial charge on any atom is 0.0914 e. The Balaban J connectivity index is 2.50. The second-order valence-corrected chi connectivity index (χ2v) is 3.92. The number of nitrogens with one attached hydrogen (secondary N) is 1. The molecular formula is C12H19NO2. The molecule has 0 aromatic heterocycles. The zero-order valence-electron chi connectivity index (χ0n) is 9.27. The van der Waals surface area contributed by atoms with Crippen molar-refractivity contribution in [3.8, 4) is 0 Å². The molecule has 1 rings (SSSR count). The average Bonchev–Trinajstić information content (AvgIpc) is 2.25. The fourth-order valence-corrected chi connectivity index (χ4v) is 1.37. The second kappa shape index (κ2) is 5.85. The van der Waals surface area contributed by atoms with Gasteiger partial charge in [0, 0.05) is 12.6 Å². The zero-order chi connectivity index (χ0) is 11.3. The van der Waals surface area contributed by atoms with Crippen LogP contribution >= 0.6 is 0 Å². The van der Waals surface area contributed by atoms with Crippen molar-refractivity contribution in [3.63, 3.8) is 0 Å². The van der Waals surface area contributed by atoms with Gasteiger partial charge in [0.25, 0.3) is 0 Å². The number of aliphatic hydroxyl groups is 2. The summed E-state index contributed by atoms with van der Waals surface area (Å²) in [5, 5.41) is 21.7. The van der Waals surface area contributed by atoms with Crippen LogP contribution in [0.25, 0.3) is 0 Å². The van der Waals surface area contributed by atoms with Gasteiger partial charge in [0.1, 0.15) is 0 Å². The van der Waals surface area contributed by atoms with Gasteiger partial charge >= 0.3 is 0 Å². The molecular weight excluding hydrogens is 190 g/mol. The van der Waals surface area contributed by atoms with Crippen LogP contribution in [0.15, 0.2) is 24.3 Å². The molecule has 2 atom stereocenters. The highest BCUT2D eigenvalue weighted by atomic mass is 16.3. The molecule has 0 bridgehead atoms. The van der Waals surface area contributed by atoms with E-state index >= 15 is 0 Å². The van der Waals surface area contributed by atoms with Crippen LogP contribution in [0.3, 0.4) is 0 Å². The SMILES string of the molecule is Cc1cccc(C(O)CN[C@H](C)CO)c1. The summed E-state index contributed by atoms with van der Waals surface area (Å²) in [6, 6.07) is 7.83. The van der Waals surface area contributed by atoms with Crippen LogP contribution in [0.1, 0.15) is 24.2 Å². The Bertz CT molecular complexity index is 301. The molecule has 15 heavy (non-hydrogen) atoms. The molecule has 1 unspecified atom stereocenters. The van der Waals surface area contributed by atoms with Crippen LogP contribution in [0.5, 0.6) is 0 Å². The number of aliphatic hydroxyl groups excluding tert-OH is 2. The first-order chi connectivity index (χ1) is 7.13. The molecule has 0 heterocycles. The van der Waals surface area contributed by atoms with E-state index in [1.54, 1.807) is 0 Å². The van der Waals surface area contributed by atoms with Gasteiger partial charge in [-0.2, -0.15) is 0 Å². The molecule has 84 valence electrons. The van der Waals surface area contributed by atoms with E-state index in [1.807, 2.05) is 38.1 Å². The Morgan fingerprint density at radius 3 is 2.73 bits per heavy atom. The minimum Gasteiger partial charge on any atom is -0.395 e. The van der Waals surface area contributed by atoms with Crippen molar-refractivity contribution in [2.75, 3.05) is 13.2 Å². The van der Waals surface area contributed by atoms with Crippen molar-refractivity contribution < 1.29 is 10.2 Å². The lowest BCUT2D eigenvalue weighted by Crippen LogP contribution is -2.32. The van der Waals surface area contributed by atoms with Crippen molar-refractivity contribution in [1.29, 1.82) is 0 Å². The van der Waals surface area contributed by atoms with Gasteiger partial charge in [0.2, 0.25) is 0 Å². The summed E-state index contributed by atoms with van der Waals surface area (Å²) in [5.41, 5.74) is 2.05. The summed E-state index contributed by atoms with van der Waals surface area (Å²) in [6.45, 7) is 4.43. The first kappa shape index (κ1) is 12.2. The molecule has 0 spiro atoms. The van der Waals surface area contributed by atoms with Crippen LogP contribution < -0.4 is 5.32 Å². The van der Waals surface area contributed by atoms with E-state index in [9.17, 15) is 5.11 Å². The predicted octanol–water partition coefficient (Wildman–Crippen LogP) is 0.999. The van der Waals surface area contributed by atoms with Crippen molar-refractivity contribution in [1.82, 2.24) is 5.32 Å². The number of hydrogen-bond acceptors (Lipinski definition) is 3. The third-order valence-corrected chi connectivity index (χ3v) is 2.36. The molecule has 0 aliphatic heterocycles. The number of hydrogen-bond donors (Lipinski definition) is 3. The van der Waals surface area contributed by atoms with Gasteiger partial charge in [-0.15, -0.1) is 0 Å². The fraction of sp³-hybridized carbons (Fsp3) is 0.500. The van der Waals surface area contributed by atoms with Crippen molar-refractivity contribution in [3.05, 3.63) is 35.4 Å². The van der Waals surface area contributed by atoms with Crippen LogP contribution in [0, 0.1) is 6.92 Å². The van der Waals surface area contributed by atoms with Gasteiger partial charge in [-0.3, -0.25) is 0 Å². The van der Waals surface area contributed by atoms with E-state index in [2.05, 4.69) is 5.32 Å². The summed E-state index contributed by atoms with van der Waals surface area (Å²) in [7, 11) is 0. The van der Waals surface area contributed by atoms with Gasteiger partial charge in [0.15, 0.2) is 0 Å². The highest BCUT2D eigenvalue weighted by molar-refractivity contribution is 5.24. The third-order valence-electron chi connectivity index (χ3n) is 2.36. The van der Waals surface area contributed by atoms with Gasteiger partial charge in [-0.25, -0.2) is 0 Å². The Morgan fingerprint density at radius 2 is 2.13 bits per heavy atom. The Morgan fingerprint density at radius 1 is 1.40 bits per heavy atom. The van der Waals surface area contributed by atoms with E-state index in [1.165, 1.54) is 0 Å². The minimum absolute atomic E-state index is 0.0180. The Kier molecular flexibility index (Phi) is 4.75. The number of aryl methyl sites for hydroxylation is 1. The van der Waals surface area contributed by atoms with Gasteiger partial charge < -0.3 is 15.5 Å². The molecule has 0 saturated carbocycles. The second-order valence-electron chi connectivity index (χ2n) is 3.92. The maximum atomic E-state index is 9.85. The highest BCUT2D eigenvalue weighted by Gasteiger charge is 2.08. The lowest BCUT2D eigenvalue weighted by atomic mass is 10.1. The zero-order valence-corrected chi connectivity index (χ0v) is 9.27. The molecule has 0 aliphatic carbocycles. The quantitative estimate of drug-likeness (QED) is 0.678. The molecule has 1 aromatic carbocycles. The largest absolute Gasteiger partial charge is 0.395 e. The minimum atomic E-state index is -0.515. The standard InChI is InChI=1S/C12H19NO2/c1-9-4-3-5-11(6-9)12(15)7-13-10(2)8-14/h3-6,10,12-15H,7-8H2,1-2H3/t10-,12?/m1/s1. The molecule has 3 nitrogen and oxygen atoms in total. The maximum absolute atomic E-state index is 9.85. The van der Waals surface area contributed by atoms with Gasteiger partial charge in [0.05, 0.1) is 12.7 Å². The van der Waals surface area contributed by atoms with Crippen LogP contribution in [-0.4, -0.2) is 29.4 Å². The highest BCUT2D eigenvalue weighted by Crippen LogP contribution is 2.13. The summed E-state index contributed by atoms with van der Waals surface area (Å²) in [5.74, 6) is 0. The van der Waals surface area contributed by atoms with E-state index in [-0.39, 0.29) is 12.6 Å². The summed E-state index contributed by atoms with van der Waals surface area (Å²) < 4.78 is 0. The predicted molar refractivity (Wildman–Crippen MR) is 60.7 cm³/mol. The van der Waals surface area contributed by atoms with E-state index in [0.717, 1.165) is 11.1 Å². The molecule has 0 fully saturated rings. The number of rotatable bonds is 5. The molecule has 0 saturated heterocycles. The lowest BCUT2D eigenvalue weighted by Gasteiger charge is -2.15. The van der Waals surface area contributed by atoms with E-state index < -0.39 is 6.10 Å². The average molecular weight is 209 g/mol. The Labute approximate surface area is 90.8 Å². The van der Waals surface area contributed by atoms with Crippen molar-refractivity contribution in [2.45, 2.75) is 26.0 Å². The van der Waals surface area contributed by atoms with Gasteiger partial charge in [-0.1, -0.05) is 29.8 Å². The number of benzene rings is 1. The molecule has 0 aliphatic rings. The smallest absolute Gasteiger partial charge is 0.0914 e. The van der Waals surface area contributed by atoms with Crippen molar-refractivity contribution >= 4 is 0 Å². The van der Waals surface area contributed by atoms with Crippen LogP contribution in [0.4, 0.5) is 0 Å². The lowest BCUT2D eigenvalue weighted by molar-refractivity contribution is 0.161. The summed E-state index contributed by atoms with van der Waals surface area (Å²) in [4.78, 5) is 0. The molecule has 1 aromatic rings. The first-order valence-corrected chi connectivity index (χ1v) is 5.22. The van der Waals surface area contributed by atoms with Crippen LogP contribution in [0.2, 0.25) is 0 Å². The fourth-order valence-electron chi connectivity index (χ4n) is 1.37. The molecule has 3 N–H and O–H groups in total. The third kappa shape index (κ3) is 4.00. The van der Waals surface area contributed by atoms with Gasteiger partial charge in [-0.05, 0) is 19.4 Å². The topological polar surface area (TPSA) is 52.5 Å². The van der Waals surface area contributed by atoms with Crippen LogP contribution in [-0.2, 0) is 0 Å².